The third-order valence-corrected chi connectivity index (χ3v) is 5.75. The van der Waals surface area contributed by atoms with Crippen LogP contribution in [0.4, 0.5) is 0 Å². The van der Waals surface area contributed by atoms with Crippen molar-refractivity contribution in [3.63, 3.8) is 0 Å². The molecule has 1 aromatic heterocycles. The van der Waals surface area contributed by atoms with Crippen LogP contribution in [-0.4, -0.2) is 31.2 Å². The van der Waals surface area contributed by atoms with Crippen molar-refractivity contribution < 1.29 is 8.42 Å². The Morgan fingerprint density at radius 1 is 1.43 bits per heavy atom. The molecule has 1 heterocycles. The van der Waals surface area contributed by atoms with Crippen LogP contribution in [0.5, 0.6) is 0 Å². The van der Waals surface area contributed by atoms with Crippen LogP contribution in [0, 0.1) is 12.8 Å². The predicted octanol–water partition coefficient (Wildman–Crippen LogP) is 1.68. The third-order valence-electron chi connectivity index (χ3n) is 4.22. The van der Waals surface area contributed by atoms with E-state index in [-0.39, 0.29) is 11.1 Å². The Morgan fingerprint density at radius 2 is 2.14 bits per heavy atom. The quantitative estimate of drug-likeness (QED) is 0.637. The molecule has 0 radical (unpaired) electrons. The van der Waals surface area contributed by atoms with E-state index in [9.17, 15) is 8.42 Å². The van der Waals surface area contributed by atoms with Gasteiger partial charge < -0.3 is 5.32 Å². The predicted molar refractivity (Wildman–Crippen MR) is 82.4 cm³/mol. The first-order valence-corrected chi connectivity index (χ1v) is 9.21. The molecule has 0 amide bonds. The molecule has 2 rings (SSSR count). The van der Waals surface area contributed by atoms with Gasteiger partial charge in [0.25, 0.3) is 10.0 Å². The number of aromatic nitrogens is 2. The van der Waals surface area contributed by atoms with Gasteiger partial charge in [0.1, 0.15) is 0 Å². The minimum atomic E-state index is -3.56. The largest absolute Gasteiger partial charge is 0.313 e. The van der Waals surface area contributed by atoms with Crippen molar-refractivity contribution in [1.29, 1.82) is 0 Å². The molecule has 1 saturated carbocycles. The molecule has 0 bridgehead atoms. The number of rotatable bonds is 8. The summed E-state index contributed by atoms with van der Waals surface area (Å²) < 4.78 is 27.8. The van der Waals surface area contributed by atoms with Gasteiger partial charge in [0.15, 0.2) is 5.03 Å². The standard InChI is InChI=1S/C14H26N4O2S/c1-4-8-15-9-13-11(3)16-17-14(13)21(19,20)18-10(2)12-6-5-7-12/h10,12,15,18H,4-9H2,1-3H3,(H,16,17). The third kappa shape index (κ3) is 3.84. The van der Waals surface area contributed by atoms with Gasteiger partial charge >= 0.3 is 0 Å². The molecule has 6 nitrogen and oxygen atoms in total. The summed E-state index contributed by atoms with van der Waals surface area (Å²) in [5.41, 5.74) is 1.53. The Labute approximate surface area is 127 Å². The topological polar surface area (TPSA) is 86.9 Å². The highest BCUT2D eigenvalue weighted by atomic mass is 32.2. The molecule has 1 aliphatic rings. The van der Waals surface area contributed by atoms with Crippen molar-refractivity contribution in [2.75, 3.05) is 6.54 Å². The van der Waals surface area contributed by atoms with Crippen LogP contribution >= 0.6 is 0 Å². The Morgan fingerprint density at radius 3 is 2.71 bits per heavy atom. The van der Waals surface area contributed by atoms with Crippen molar-refractivity contribution in [3.8, 4) is 0 Å². The van der Waals surface area contributed by atoms with Crippen LogP contribution < -0.4 is 10.0 Å². The molecule has 120 valence electrons. The second kappa shape index (κ2) is 6.89. The second-order valence-corrected chi connectivity index (χ2v) is 7.54. The van der Waals surface area contributed by atoms with Gasteiger partial charge in [0.2, 0.25) is 0 Å². The lowest BCUT2D eigenvalue weighted by molar-refractivity contribution is 0.260. The maximum Gasteiger partial charge on any atom is 0.260 e. The highest BCUT2D eigenvalue weighted by Crippen LogP contribution is 2.30. The Balaban J connectivity index is 2.11. The van der Waals surface area contributed by atoms with Crippen LogP contribution in [0.2, 0.25) is 0 Å². The lowest BCUT2D eigenvalue weighted by Crippen LogP contribution is -2.41. The molecule has 1 atom stereocenters. The summed E-state index contributed by atoms with van der Waals surface area (Å²) in [7, 11) is -3.56. The number of aromatic amines is 1. The molecule has 3 N–H and O–H groups in total. The fourth-order valence-electron chi connectivity index (χ4n) is 2.59. The van der Waals surface area contributed by atoms with Gasteiger partial charge in [-0.05, 0) is 45.6 Å². The number of sulfonamides is 1. The molecule has 0 spiro atoms. The number of hydrogen-bond acceptors (Lipinski definition) is 4. The molecule has 0 saturated heterocycles. The first kappa shape index (κ1) is 16.5. The Bertz CT molecular complexity index is 564. The van der Waals surface area contributed by atoms with Gasteiger partial charge in [-0.3, -0.25) is 5.10 Å². The normalized spacial score (nSPS) is 17.7. The number of hydrogen-bond donors (Lipinski definition) is 3. The van der Waals surface area contributed by atoms with E-state index in [1.54, 1.807) is 0 Å². The van der Waals surface area contributed by atoms with Crippen LogP contribution in [0.1, 0.15) is 50.8 Å². The molecular formula is C14H26N4O2S. The fourth-order valence-corrected chi connectivity index (χ4v) is 4.10. The molecule has 1 fully saturated rings. The van der Waals surface area contributed by atoms with Gasteiger partial charge in [0.05, 0.1) is 0 Å². The van der Waals surface area contributed by atoms with Crippen LogP contribution in [0.15, 0.2) is 5.03 Å². The van der Waals surface area contributed by atoms with E-state index < -0.39 is 10.0 Å². The molecule has 21 heavy (non-hydrogen) atoms. The van der Waals surface area contributed by atoms with Gasteiger partial charge in [-0.25, -0.2) is 13.1 Å². The summed E-state index contributed by atoms with van der Waals surface area (Å²) in [6.45, 7) is 7.25. The Kier molecular flexibility index (Phi) is 5.40. The monoisotopic (exact) mass is 314 g/mol. The van der Waals surface area contributed by atoms with E-state index in [0.29, 0.717) is 12.5 Å². The average molecular weight is 314 g/mol. The van der Waals surface area contributed by atoms with E-state index >= 15 is 0 Å². The van der Waals surface area contributed by atoms with E-state index in [0.717, 1.165) is 37.1 Å². The zero-order chi connectivity index (χ0) is 15.5. The minimum Gasteiger partial charge on any atom is -0.313 e. The average Bonchev–Trinajstić information content (AvgIpc) is 2.69. The SMILES string of the molecule is CCCNCc1c(S(=O)(=O)NC(C)C2CCC2)n[nH]c1C. The lowest BCUT2D eigenvalue weighted by Gasteiger charge is -2.31. The summed E-state index contributed by atoms with van der Waals surface area (Å²) in [6, 6.07) is -0.0304. The molecular weight excluding hydrogens is 288 g/mol. The highest BCUT2D eigenvalue weighted by molar-refractivity contribution is 7.89. The smallest absolute Gasteiger partial charge is 0.260 e. The van der Waals surface area contributed by atoms with Gasteiger partial charge in [0, 0.05) is 23.8 Å². The first-order valence-electron chi connectivity index (χ1n) is 7.72. The van der Waals surface area contributed by atoms with Gasteiger partial charge in [-0.1, -0.05) is 13.3 Å². The summed E-state index contributed by atoms with van der Waals surface area (Å²) in [6.07, 6.45) is 4.42. The van der Waals surface area contributed by atoms with E-state index in [2.05, 4.69) is 27.2 Å². The van der Waals surface area contributed by atoms with Crippen molar-refractivity contribution >= 4 is 10.0 Å². The van der Waals surface area contributed by atoms with Crippen molar-refractivity contribution in [1.82, 2.24) is 20.2 Å². The first-order chi connectivity index (χ1) is 9.95. The molecule has 7 heteroatoms. The molecule has 1 aliphatic carbocycles. The second-order valence-electron chi connectivity index (χ2n) is 5.91. The maximum atomic E-state index is 12.5. The summed E-state index contributed by atoms with van der Waals surface area (Å²) in [5.74, 6) is 0.460. The van der Waals surface area contributed by atoms with Gasteiger partial charge in [-0.2, -0.15) is 5.10 Å². The van der Waals surface area contributed by atoms with Crippen LogP contribution in [-0.2, 0) is 16.6 Å². The van der Waals surface area contributed by atoms with Crippen molar-refractivity contribution in [3.05, 3.63) is 11.3 Å². The van der Waals surface area contributed by atoms with Crippen LogP contribution in [0.3, 0.4) is 0 Å². The number of nitrogens with one attached hydrogen (secondary N) is 3. The number of nitrogens with zero attached hydrogens (tertiary/aromatic N) is 1. The van der Waals surface area contributed by atoms with E-state index in [4.69, 9.17) is 0 Å². The fraction of sp³-hybridized carbons (Fsp3) is 0.786. The zero-order valence-electron chi connectivity index (χ0n) is 13.1. The summed E-state index contributed by atoms with van der Waals surface area (Å²) in [5, 5.41) is 10.2. The summed E-state index contributed by atoms with van der Waals surface area (Å²) in [4.78, 5) is 0. The highest BCUT2D eigenvalue weighted by Gasteiger charge is 2.30. The minimum absolute atomic E-state index is 0.0304. The Hall–Kier alpha value is -0.920. The zero-order valence-corrected chi connectivity index (χ0v) is 13.9. The van der Waals surface area contributed by atoms with Gasteiger partial charge in [-0.15, -0.1) is 0 Å². The number of aryl methyl sites for hydroxylation is 1. The molecule has 0 aromatic carbocycles. The molecule has 0 aliphatic heterocycles. The van der Waals surface area contributed by atoms with Crippen molar-refractivity contribution in [2.24, 2.45) is 5.92 Å². The molecule has 1 aromatic rings. The maximum absolute atomic E-state index is 12.5. The lowest BCUT2D eigenvalue weighted by atomic mass is 9.81. The van der Waals surface area contributed by atoms with Crippen molar-refractivity contribution in [2.45, 2.75) is 64.1 Å². The van der Waals surface area contributed by atoms with Crippen LogP contribution in [0.25, 0.3) is 0 Å². The van der Waals surface area contributed by atoms with E-state index in [1.165, 1.54) is 6.42 Å². The number of H-pyrrole nitrogens is 1. The molecule has 1 unspecified atom stereocenters. The van der Waals surface area contributed by atoms with E-state index in [1.807, 2.05) is 13.8 Å². The summed E-state index contributed by atoms with van der Waals surface area (Å²) >= 11 is 0.